The van der Waals surface area contributed by atoms with Gasteiger partial charge in [0.15, 0.2) is 5.78 Å². The van der Waals surface area contributed by atoms with Gasteiger partial charge in [-0.15, -0.1) is 0 Å². The van der Waals surface area contributed by atoms with Crippen molar-refractivity contribution in [1.29, 1.82) is 0 Å². The number of fused-ring (bicyclic) bond motifs is 2. The van der Waals surface area contributed by atoms with Gasteiger partial charge in [-0.1, -0.05) is 42.5 Å². The maximum atomic E-state index is 12.4. The van der Waals surface area contributed by atoms with Crippen LogP contribution in [-0.4, -0.2) is 10.4 Å². The third-order valence-corrected chi connectivity index (χ3v) is 3.86. The van der Waals surface area contributed by atoms with Crippen molar-refractivity contribution in [3.8, 4) is 0 Å². The molecular weight excluding hydrogens is 246 g/mol. The number of Topliss-reactive ketones (excluding diaryl/α,β-unsaturated/α-hetero) is 1. The van der Waals surface area contributed by atoms with Crippen LogP contribution in [0.25, 0.3) is 17.1 Å². The summed E-state index contributed by atoms with van der Waals surface area (Å²) < 4.78 is 2.04. The molecule has 1 heterocycles. The van der Waals surface area contributed by atoms with Crippen LogP contribution in [0.1, 0.15) is 15.9 Å². The fraction of sp³-hybridized carbons (Fsp3) is 0.0556. The van der Waals surface area contributed by atoms with E-state index in [-0.39, 0.29) is 5.78 Å². The molecule has 0 radical (unpaired) electrons. The van der Waals surface area contributed by atoms with Crippen molar-refractivity contribution in [2.24, 2.45) is 0 Å². The van der Waals surface area contributed by atoms with Crippen LogP contribution < -0.4 is 0 Å². The molecule has 1 aliphatic carbocycles. The molecule has 1 aromatic heterocycles. The molecular formula is C18H13NO. The van der Waals surface area contributed by atoms with E-state index < -0.39 is 0 Å². The van der Waals surface area contributed by atoms with E-state index in [1.54, 1.807) is 0 Å². The minimum Gasteiger partial charge on any atom is -0.323 e. The topological polar surface area (TPSA) is 22.0 Å². The number of carbonyl (C=O) groups excluding carboxylic acids is 1. The molecule has 0 atom stereocenters. The van der Waals surface area contributed by atoms with Gasteiger partial charge in [0, 0.05) is 30.0 Å². The first-order chi connectivity index (χ1) is 9.83. The van der Waals surface area contributed by atoms with Gasteiger partial charge in [0.25, 0.3) is 0 Å². The fourth-order valence-corrected chi connectivity index (χ4v) is 2.84. The number of para-hydroxylation sites is 1. The molecule has 2 nitrogen and oxygen atoms in total. The predicted molar refractivity (Wildman–Crippen MR) is 80.7 cm³/mol. The van der Waals surface area contributed by atoms with Crippen molar-refractivity contribution in [3.63, 3.8) is 0 Å². The molecule has 2 heteroatoms. The second-order valence-corrected chi connectivity index (χ2v) is 5.10. The Morgan fingerprint density at radius 1 is 0.950 bits per heavy atom. The summed E-state index contributed by atoms with van der Waals surface area (Å²) in [4.78, 5) is 12.4. The number of benzene rings is 2. The van der Waals surface area contributed by atoms with E-state index in [9.17, 15) is 4.79 Å². The number of nitrogens with zero attached hydrogens (tertiary/aromatic N) is 1. The number of ketones is 1. The van der Waals surface area contributed by atoms with Crippen LogP contribution in [0.3, 0.4) is 0 Å². The summed E-state index contributed by atoms with van der Waals surface area (Å²) in [5.74, 6) is 0.151. The minimum atomic E-state index is 0.151. The number of hydrogen-bond acceptors (Lipinski definition) is 1. The zero-order chi connectivity index (χ0) is 13.5. The molecule has 4 rings (SSSR count). The van der Waals surface area contributed by atoms with Crippen molar-refractivity contribution in [2.75, 3.05) is 0 Å². The highest BCUT2D eigenvalue weighted by molar-refractivity contribution is 6.15. The number of hydrogen-bond donors (Lipinski definition) is 0. The summed E-state index contributed by atoms with van der Waals surface area (Å²) in [7, 11) is 0. The van der Waals surface area contributed by atoms with Gasteiger partial charge in [0.1, 0.15) is 0 Å². The second kappa shape index (κ2) is 4.20. The van der Waals surface area contributed by atoms with Crippen LogP contribution >= 0.6 is 0 Å². The van der Waals surface area contributed by atoms with Gasteiger partial charge in [0.2, 0.25) is 0 Å². The van der Waals surface area contributed by atoms with Crippen LogP contribution in [0.15, 0.2) is 66.4 Å². The van der Waals surface area contributed by atoms with Gasteiger partial charge in [-0.05, 0) is 23.1 Å². The molecule has 20 heavy (non-hydrogen) atoms. The first-order valence-corrected chi connectivity index (χ1v) is 6.72. The van der Waals surface area contributed by atoms with Gasteiger partial charge in [-0.3, -0.25) is 4.79 Å². The highest BCUT2D eigenvalue weighted by Gasteiger charge is 2.24. The van der Waals surface area contributed by atoms with E-state index in [2.05, 4.69) is 18.2 Å². The third-order valence-electron chi connectivity index (χ3n) is 3.86. The molecule has 0 spiro atoms. The summed E-state index contributed by atoms with van der Waals surface area (Å²) in [5, 5.41) is 1.19. The van der Waals surface area contributed by atoms with E-state index in [1.807, 2.05) is 53.4 Å². The van der Waals surface area contributed by atoms with Crippen molar-refractivity contribution in [3.05, 3.63) is 77.5 Å². The van der Waals surface area contributed by atoms with Gasteiger partial charge in [-0.2, -0.15) is 0 Å². The van der Waals surface area contributed by atoms with Crippen LogP contribution in [-0.2, 0) is 6.42 Å². The third kappa shape index (κ3) is 1.62. The number of aromatic nitrogens is 1. The zero-order valence-electron chi connectivity index (χ0n) is 10.9. The van der Waals surface area contributed by atoms with E-state index in [1.165, 1.54) is 5.39 Å². The second-order valence-electron chi connectivity index (χ2n) is 5.10. The predicted octanol–water partition coefficient (Wildman–Crippen LogP) is 3.92. The van der Waals surface area contributed by atoms with Crippen molar-refractivity contribution < 1.29 is 4.79 Å². The Bertz CT molecular complexity index is 854. The van der Waals surface area contributed by atoms with Crippen molar-refractivity contribution in [1.82, 2.24) is 4.57 Å². The van der Waals surface area contributed by atoms with Crippen LogP contribution in [0.5, 0.6) is 0 Å². The van der Waals surface area contributed by atoms with Gasteiger partial charge in [-0.25, -0.2) is 0 Å². The highest BCUT2D eigenvalue weighted by Crippen LogP contribution is 2.27. The molecule has 0 unspecified atom stereocenters. The van der Waals surface area contributed by atoms with Crippen LogP contribution in [0.2, 0.25) is 0 Å². The molecule has 0 N–H and O–H groups in total. The van der Waals surface area contributed by atoms with E-state index in [0.717, 1.165) is 28.6 Å². The number of rotatable bonds is 1. The lowest BCUT2D eigenvalue weighted by Crippen LogP contribution is -1.97. The van der Waals surface area contributed by atoms with Gasteiger partial charge >= 0.3 is 0 Å². The Balaban J connectivity index is 1.81. The van der Waals surface area contributed by atoms with E-state index in [4.69, 9.17) is 0 Å². The normalized spacial score (nSPS) is 16.0. The fourth-order valence-electron chi connectivity index (χ4n) is 2.84. The average Bonchev–Trinajstić information content (AvgIpc) is 3.03. The Hall–Kier alpha value is -2.61. The van der Waals surface area contributed by atoms with Gasteiger partial charge < -0.3 is 4.57 Å². The Morgan fingerprint density at radius 2 is 1.75 bits per heavy atom. The Labute approximate surface area is 117 Å². The Kier molecular flexibility index (Phi) is 2.36. The molecule has 96 valence electrons. The molecule has 0 saturated heterocycles. The standard InChI is InChI=1S/C18H13NO/c20-18-15(11-14-6-1-3-7-16(14)18)12-19-10-9-13-5-2-4-8-17(13)19/h1-10,12H,11H2/b15-12-. The Morgan fingerprint density at radius 3 is 2.65 bits per heavy atom. The SMILES string of the molecule is O=C1/C(=C\n2ccc3ccccc32)Cc2ccccc21. The average molecular weight is 259 g/mol. The van der Waals surface area contributed by atoms with Crippen molar-refractivity contribution >= 4 is 22.9 Å². The number of carbonyl (C=O) groups is 1. The van der Waals surface area contributed by atoms with Crippen molar-refractivity contribution in [2.45, 2.75) is 6.42 Å². The first-order valence-electron chi connectivity index (χ1n) is 6.72. The summed E-state index contributed by atoms with van der Waals surface area (Å²) in [6, 6.07) is 18.1. The van der Waals surface area contributed by atoms with E-state index in [0.29, 0.717) is 0 Å². The smallest absolute Gasteiger partial charge is 0.191 e. The summed E-state index contributed by atoms with van der Waals surface area (Å²) in [6.45, 7) is 0. The molecule has 0 aliphatic heterocycles. The molecule has 1 aliphatic rings. The number of allylic oxidation sites excluding steroid dienone is 1. The molecule has 2 aromatic carbocycles. The molecule has 0 fully saturated rings. The quantitative estimate of drug-likeness (QED) is 0.607. The molecule has 0 amide bonds. The molecule has 0 bridgehead atoms. The maximum absolute atomic E-state index is 12.4. The lowest BCUT2D eigenvalue weighted by atomic mass is 10.1. The van der Waals surface area contributed by atoms with Crippen LogP contribution in [0, 0.1) is 0 Å². The maximum Gasteiger partial charge on any atom is 0.191 e. The van der Waals surface area contributed by atoms with Gasteiger partial charge in [0.05, 0.1) is 5.52 Å². The highest BCUT2D eigenvalue weighted by atomic mass is 16.1. The van der Waals surface area contributed by atoms with Crippen LogP contribution in [0.4, 0.5) is 0 Å². The first kappa shape index (κ1) is 11.2. The lowest BCUT2D eigenvalue weighted by molar-refractivity contribution is 0.104. The largest absolute Gasteiger partial charge is 0.323 e. The monoisotopic (exact) mass is 259 g/mol. The zero-order valence-corrected chi connectivity index (χ0v) is 10.9. The van der Waals surface area contributed by atoms with E-state index >= 15 is 0 Å². The molecule has 0 saturated carbocycles. The summed E-state index contributed by atoms with van der Waals surface area (Å²) in [5.41, 5.74) is 3.95. The lowest BCUT2D eigenvalue weighted by Gasteiger charge is -2.00. The molecule has 3 aromatic rings. The minimum absolute atomic E-state index is 0.151. The summed E-state index contributed by atoms with van der Waals surface area (Å²) >= 11 is 0. The summed E-state index contributed by atoms with van der Waals surface area (Å²) in [6.07, 6.45) is 4.69.